The van der Waals surface area contributed by atoms with Crippen LogP contribution in [0.25, 0.3) is 0 Å². The van der Waals surface area contributed by atoms with Crippen LogP contribution in [-0.4, -0.2) is 21.0 Å². The van der Waals surface area contributed by atoms with Crippen LogP contribution in [0.4, 0.5) is 17.6 Å². The molecule has 126 valence electrons. The third-order valence-corrected chi connectivity index (χ3v) is 4.80. The van der Waals surface area contributed by atoms with Crippen LogP contribution in [0.2, 0.25) is 0 Å². The summed E-state index contributed by atoms with van der Waals surface area (Å²) in [5.41, 5.74) is 3.96. The molecule has 1 aliphatic carbocycles. The van der Waals surface area contributed by atoms with E-state index < -0.39 is 38.5 Å². The minimum atomic E-state index is -4.87. The summed E-state index contributed by atoms with van der Waals surface area (Å²) in [6, 6.07) is 1.03. The van der Waals surface area contributed by atoms with Gasteiger partial charge in [-0.3, -0.25) is 0 Å². The zero-order valence-corrected chi connectivity index (χ0v) is 12.9. The van der Waals surface area contributed by atoms with Crippen molar-refractivity contribution < 1.29 is 26.0 Å². The molecule has 0 spiro atoms. The number of rotatable bonds is 5. The molecule has 0 aromatic heterocycles. The number of nitrogens with one attached hydrogen (secondary N) is 1. The Labute approximate surface area is 131 Å². The third kappa shape index (κ3) is 4.31. The van der Waals surface area contributed by atoms with Crippen molar-refractivity contribution in [1.82, 2.24) is 4.72 Å². The van der Waals surface area contributed by atoms with E-state index in [9.17, 15) is 26.0 Å². The molecule has 0 radical (unpaired) electrons. The standard InChI is InChI=1S/C12H14F4N2O2S.ClH/c13-10-5-8(3-4-9(10)12(14,15)16)21(19,20)18-11(6-17)7-1-2-7;/h3-5,7,11,18H,1-2,6,17H2;1H. The maximum atomic E-state index is 13.4. The highest BCUT2D eigenvalue weighted by Gasteiger charge is 2.36. The van der Waals surface area contributed by atoms with E-state index in [1.54, 1.807) is 0 Å². The van der Waals surface area contributed by atoms with Crippen LogP contribution in [0, 0.1) is 11.7 Å². The van der Waals surface area contributed by atoms with Gasteiger partial charge in [-0.1, -0.05) is 0 Å². The van der Waals surface area contributed by atoms with Crippen molar-refractivity contribution in [2.45, 2.75) is 30.0 Å². The summed E-state index contributed by atoms with van der Waals surface area (Å²) in [6.07, 6.45) is -3.19. The molecule has 1 atom stereocenters. The van der Waals surface area contributed by atoms with Crippen LogP contribution in [0.3, 0.4) is 0 Å². The van der Waals surface area contributed by atoms with Crippen LogP contribution in [0.15, 0.2) is 23.1 Å². The Morgan fingerprint density at radius 1 is 1.32 bits per heavy atom. The molecule has 0 amide bonds. The first-order valence-electron chi connectivity index (χ1n) is 6.24. The van der Waals surface area contributed by atoms with Crippen LogP contribution in [-0.2, 0) is 16.2 Å². The van der Waals surface area contributed by atoms with E-state index in [1.165, 1.54) is 0 Å². The number of benzene rings is 1. The van der Waals surface area contributed by atoms with E-state index in [0.29, 0.717) is 12.1 Å². The SMILES string of the molecule is Cl.NCC(NS(=O)(=O)c1ccc(C(F)(F)F)c(F)c1)C1CC1. The van der Waals surface area contributed by atoms with Crippen molar-refractivity contribution in [2.24, 2.45) is 11.7 Å². The second-order valence-electron chi connectivity index (χ2n) is 4.94. The first-order chi connectivity index (χ1) is 9.65. The fraction of sp³-hybridized carbons (Fsp3) is 0.500. The number of nitrogens with two attached hydrogens (primary N) is 1. The van der Waals surface area contributed by atoms with Gasteiger partial charge in [0, 0.05) is 12.6 Å². The molecule has 0 saturated heterocycles. The lowest BCUT2D eigenvalue weighted by molar-refractivity contribution is -0.140. The highest BCUT2D eigenvalue weighted by atomic mass is 35.5. The smallest absolute Gasteiger partial charge is 0.329 e. The summed E-state index contributed by atoms with van der Waals surface area (Å²) in [6.45, 7) is 0.0764. The highest BCUT2D eigenvalue weighted by Crippen LogP contribution is 2.34. The van der Waals surface area contributed by atoms with Crippen molar-refractivity contribution in [3.63, 3.8) is 0 Å². The van der Waals surface area contributed by atoms with Crippen molar-refractivity contribution in [2.75, 3.05) is 6.54 Å². The fourth-order valence-electron chi connectivity index (χ4n) is 2.00. The molecule has 3 N–H and O–H groups in total. The lowest BCUT2D eigenvalue weighted by Gasteiger charge is -2.16. The van der Waals surface area contributed by atoms with Crippen LogP contribution < -0.4 is 10.5 Å². The molecular weight excluding hydrogens is 348 g/mol. The topological polar surface area (TPSA) is 72.2 Å². The number of sulfonamides is 1. The Morgan fingerprint density at radius 2 is 1.91 bits per heavy atom. The molecule has 22 heavy (non-hydrogen) atoms. The Bertz CT molecular complexity index is 633. The van der Waals surface area contributed by atoms with E-state index in [2.05, 4.69) is 4.72 Å². The Balaban J connectivity index is 0.00000242. The Kier molecular flexibility index (Phi) is 5.82. The van der Waals surface area contributed by atoms with Gasteiger partial charge in [0.05, 0.1) is 10.5 Å². The number of halogens is 5. The van der Waals surface area contributed by atoms with Crippen LogP contribution >= 0.6 is 12.4 Å². The monoisotopic (exact) mass is 362 g/mol. The van der Waals surface area contributed by atoms with Crippen molar-refractivity contribution in [3.05, 3.63) is 29.6 Å². The van der Waals surface area contributed by atoms with Gasteiger partial charge in [0.1, 0.15) is 5.82 Å². The Hall–Kier alpha value is -0.900. The van der Waals surface area contributed by atoms with Gasteiger partial charge in [-0.2, -0.15) is 13.2 Å². The zero-order valence-electron chi connectivity index (χ0n) is 11.2. The summed E-state index contributed by atoms with van der Waals surface area (Å²) in [5, 5.41) is 0. The number of hydrogen-bond acceptors (Lipinski definition) is 3. The van der Waals surface area contributed by atoms with E-state index >= 15 is 0 Å². The van der Waals surface area contributed by atoms with Crippen molar-refractivity contribution in [1.29, 1.82) is 0 Å². The maximum Gasteiger partial charge on any atom is 0.419 e. The normalized spacial score (nSPS) is 17.0. The third-order valence-electron chi connectivity index (χ3n) is 3.31. The van der Waals surface area contributed by atoms with E-state index in [0.717, 1.165) is 18.9 Å². The van der Waals surface area contributed by atoms with Gasteiger partial charge in [-0.15, -0.1) is 12.4 Å². The maximum absolute atomic E-state index is 13.4. The lowest BCUT2D eigenvalue weighted by Crippen LogP contribution is -2.41. The molecule has 0 bridgehead atoms. The summed E-state index contributed by atoms with van der Waals surface area (Å²) >= 11 is 0. The lowest BCUT2D eigenvalue weighted by atomic mass is 10.2. The average molecular weight is 363 g/mol. The Morgan fingerprint density at radius 3 is 2.32 bits per heavy atom. The number of alkyl halides is 3. The van der Waals surface area contributed by atoms with Crippen molar-refractivity contribution >= 4 is 22.4 Å². The van der Waals surface area contributed by atoms with Crippen molar-refractivity contribution in [3.8, 4) is 0 Å². The predicted octanol–water partition coefficient (Wildman–Crippen LogP) is 2.28. The first-order valence-corrected chi connectivity index (χ1v) is 7.72. The molecule has 10 heteroatoms. The molecule has 0 heterocycles. The van der Waals surface area contributed by atoms with E-state index in [-0.39, 0.29) is 24.9 Å². The quantitative estimate of drug-likeness (QED) is 0.789. The molecule has 0 aliphatic heterocycles. The first kappa shape index (κ1) is 19.1. The van der Waals surface area contributed by atoms with Gasteiger partial charge in [0.15, 0.2) is 0 Å². The van der Waals surface area contributed by atoms with Gasteiger partial charge in [-0.25, -0.2) is 17.5 Å². The van der Waals surface area contributed by atoms with Crippen LogP contribution in [0.1, 0.15) is 18.4 Å². The van der Waals surface area contributed by atoms with Gasteiger partial charge in [-0.05, 0) is 37.0 Å². The second kappa shape index (κ2) is 6.69. The molecule has 2 rings (SSSR count). The van der Waals surface area contributed by atoms with Crippen LogP contribution in [0.5, 0.6) is 0 Å². The average Bonchev–Trinajstić information content (AvgIpc) is 3.18. The summed E-state index contributed by atoms with van der Waals surface area (Å²) < 4.78 is 77.1. The summed E-state index contributed by atoms with van der Waals surface area (Å²) in [7, 11) is -4.10. The minimum Gasteiger partial charge on any atom is -0.329 e. The van der Waals surface area contributed by atoms with Gasteiger partial charge < -0.3 is 5.73 Å². The number of hydrogen-bond donors (Lipinski definition) is 2. The summed E-state index contributed by atoms with van der Waals surface area (Å²) in [4.78, 5) is -0.549. The van der Waals surface area contributed by atoms with Gasteiger partial charge in [0.2, 0.25) is 10.0 Å². The largest absolute Gasteiger partial charge is 0.419 e. The molecule has 1 fully saturated rings. The van der Waals surface area contributed by atoms with E-state index in [1.807, 2.05) is 0 Å². The predicted molar refractivity (Wildman–Crippen MR) is 74.5 cm³/mol. The molecule has 1 saturated carbocycles. The molecule has 1 aromatic carbocycles. The summed E-state index contributed by atoms with van der Waals surface area (Å²) in [5.74, 6) is -1.50. The molecule has 1 unspecified atom stereocenters. The van der Waals surface area contributed by atoms with Gasteiger partial charge in [0.25, 0.3) is 0 Å². The molecular formula is C12H15ClF4N2O2S. The molecule has 1 aliphatic rings. The highest BCUT2D eigenvalue weighted by molar-refractivity contribution is 7.89. The molecule has 1 aromatic rings. The fourth-order valence-corrected chi connectivity index (χ4v) is 3.32. The van der Waals surface area contributed by atoms with Gasteiger partial charge >= 0.3 is 6.18 Å². The van der Waals surface area contributed by atoms with E-state index in [4.69, 9.17) is 5.73 Å². The molecule has 4 nitrogen and oxygen atoms in total. The minimum absolute atomic E-state index is 0. The second-order valence-corrected chi connectivity index (χ2v) is 6.65. The zero-order chi connectivity index (χ0) is 15.8.